The molecule has 1 saturated heterocycles. The first-order valence-electron chi connectivity index (χ1n) is 5.04. The molecule has 0 saturated carbocycles. The van der Waals surface area contributed by atoms with E-state index in [9.17, 15) is 0 Å². The van der Waals surface area contributed by atoms with Gasteiger partial charge in [-0.3, -0.25) is 4.90 Å². The molecule has 2 unspecified atom stereocenters. The van der Waals surface area contributed by atoms with Gasteiger partial charge < -0.3 is 9.47 Å². The highest BCUT2D eigenvalue weighted by Gasteiger charge is 2.37. The van der Waals surface area contributed by atoms with Gasteiger partial charge in [-0.15, -0.1) is 0 Å². The summed E-state index contributed by atoms with van der Waals surface area (Å²) in [4.78, 5) is 2.43. The minimum atomic E-state index is 0.257. The van der Waals surface area contributed by atoms with Gasteiger partial charge in [0.1, 0.15) is 0 Å². The van der Waals surface area contributed by atoms with E-state index in [2.05, 4.69) is 18.7 Å². The summed E-state index contributed by atoms with van der Waals surface area (Å²) in [6.07, 6.45) is 1.73. The van der Waals surface area contributed by atoms with Crippen molar-refractivity contribution in [2.45, 2.75) is 38.5 Å². The van der Waals surface area contributed by atoms with E-state index in [-0.39, 0.29) is 6.10 Å². The predicted octanol–water partition coefficient (Wildman–Crippen LogP) is 1.13. The molecule has 0 aliphatic carbocycles. The third-order valence-electron chi connectivity index (χ3n) is 3.07. The van der Waals surface area contributed by atoms with Crippen LogP contribution in [-0.4, -0.2) is 50.5 Å². The van der Waals surface area contributed by atoms with Crippen molar-refractivity contribution in [3.8, 4) is 0 Å². The molecule has 3 atom stereocenters. The number of hydrogen-bond donors (Lipinski definition) is 0. The number of methoxy groups -OCH3 is 2. The lowest BCUT2D eigenvalue weighted by molar-refractivity contribution is -0.0166. The molecular weight excluding hydrogens is 166 g/mol. The molecule has 13 heavy (non-hydrogen) atoms. The van der Waals surface area contributed by atoms with Crippen molar-refractivity contribution in [1.29, 1.82) is 0 Å². The van der Waals surface area contributed by atoms with Crippen molar-refractivity contribution in [3.05, 3.63) is 0 Å². The van der Waals surface area contributed by atoms with Crippen LogP contribution in [0.1, 0.15) is 20.3 Å². The van der Waals surface area contributed by atoms with Gasteiger partial charge in [-0.05, 0) is 19.9 Å². The number of hydrogen-bond acceptors (Lipinski definition) is 3. The molecule has 0 bridgehead atoms. The van der Waals surface area contributed by atoms with Crippen molar-refractivity contribution < 1.29 is 9.47 Å². The molecule has 1 aliphatic heterocycles. The fourth-order valence-corrected chi connectivity index (χ4v) is 2.21. The lowest BCUT2D eigenvalue weighted by Gasteiger charge is -2.30. The van der Waals surface area contributed by atoms with Crippen LogP contribution in [0, 0.1) is 0 Å². The van der Waals surface area contributed by atoms with Crippen LogP contribution in [-0.2, 0) is 9.47 Å². The summed E-state index contributed by atoms with van der Waals surface area (Å²) in [6.45, 7) is 6.52. The second kappa shape index (κ2) is 4.94. The zero-order valence-electron chi connectivity index (χ0n) is 9.12. The van der Waals surface area contributed by atoms with Crippen LogP contribution in [0.4, 0.5) is 0 Å². The molecule has 0 aromatic carbocycles. The second-order valence-electron chi connectivity index (χ2n) is 3.62. The van der Waals surface area contributed by atoms with E-state index in [1.807, 2.05) is 0 Å². The van der Waals surface area contributed by atoms with Gasteiger partial charge in [0, 0.05) is 20.8 Å². The molecule has 0 N–H and O–H groups in total. The lowest BCUT2D eigenvalue weighted by Crippen LogP contribution is -2.44. The topological polar surface area (TPSA) is 21.7 Å². The fourth-order valence-electron chi connectivity index (χ4n) is 2.21. The van der Waals surface area contributed by atoms with Gasteiger partial charge in [0.25, 0.3) is 0 Å². The third kappa shape index (κ3) is 2.22. The summed E-state index contributed by atoms with van der Waals surface area (Å²) in [5.74, 6) is 0. The summed E-state index contributed by atoms with van der Waals surface area (Å²) in [5.41, 5.74) is 0. The first kappa shape index (κ1) is 11.0. The third-order valence-corrected chi connectivity index (χ3v) is 3.07. The Labute approximate surface area is 81.0 Å². The number of ether oxygens (including phenoxy) is 2. The highest BCUT2D eigenvalue weighted by atomic mass is 16.5. The van der Waals surface area contributed by atoms with Gasteiger partial charge in [0.2, 0.25) is 0 Å². The maximum Gasteiger partial charge on any atom is 0.0763 e. The number of rotatable bonds is 4. The van der Waals surface area contributed by atoms with Gasteiger partial charge in [-0.2, -0.15) is 0 Å². The van der Waals surface area contributed by atoms with Crippen molar-refractivity contribution in [2.75, 3.05) is 27.3 Å². The highest BCUT2D eigenvalue weighted by Crippen LogP contribution is 2.23. The fraction of sp³-hybridized carbons (Fsp3) is 1.00. The van der Waals surface area contributed by atoms with Crippen molar-refractivity contribution >= 4 is 0 Å². The standard InChI is InChI=1S/C10H21NO2/c1-5-11-7-6-9(13-4)10(11)8(2)12-3/h8-10H,5-7H2,1-4H3/t8?,9-,10?/m0/s1. The normalized spacial score (nSPS) is 32.3. The Bertz CT molecular complexity index is 140. The molecular formula is C10H21NO2. The van der Waals surface area contributed by atoms with Gasteiger partial charge in [-0.25, -0.2) is 0 Å². The van der Waals surface area contributed by atoms with E-state index in [0.29, 0.717) is 12.1 Å². The molecule has 0 radical (unpaired) electrons. The summed E-state index contributed by atoms with van der Waals surface area (Å²) >= 11 is 0. The van der Waals surface area contributed by atoms with E-state index in [0.717, 1.165) is 19.5 Å². The molecule has 0 aromatic heterocycles. The van der Waals surface area contributed by atoms with Crippen molar-refractivity contribution in [2.24, 2.45) is 0 Å². The molecule has 3 heteroatoms. The van der Waals surface area contributed by atoms with Crippen molar-refractivity contribution in [1.82, 2.24) is 4.90 Å². The van der Waals surface area contributed by atoms with Gasteiger partial charge in [0.05, 0.1) is 18.2 Å². The van der Waals surface area contributed by atoms with Crippen LogP contribution >= 0.6 is 0 Å². The Morgan fingerprint density at radius 2 is 2.15 bits per heavy atom. The minimum Gasteiger partial charge on any atom is -0.380 e. The van der Waals surface area contributed by atoms with Crippen LogP contribution < -0.4 is 0 Å². The quantitative estimate of drug-likeness (QED) is 0.658. The number of nitrogens with zero attached hydrogens (tertiary/aromatic N) is 1. The summed E-state index contributed by atoms with van der Waals surface area (Å²) < 4.78 is 10.8. The van der Waals surface area contributed by atoms with Crippen LogP contribution in [0.3, 0.4) is 0 Å². The molecule has 1 fully saturated rings. The Morgan fingerprint density at radius 1 is 1.46 bits per heavy atom. The maximum atomic E-state index is 5.46. The van der Waals surface area contributed by atoms with E-state index in [1.54, 1.807) is 14.2 Å². The Hall–Kier alpha value is -0.120. The van der Waals surface area contributed by atoms with Gasteiger partial charge in [-0.1, -0.05) is 6.92 Å². The first-order valence-corrected chi connectivity index (χ1v) is 5.04. The van der Waals surface area contributed by atoms with Crippen LogP contribution in [0.15, 0.2) is 0 Å². The molecule has 0 amide bonds. The Morgan fingerprint density at radius 3 is 2.62 bits per heavy atom. The summed E-state index contributed by atoms with van der Waals surface area (Å²) in [5, 5.41) is 0. The maximum absolute atomic E-state index is 5.46. The Balaban J connectivity index is 2.61. The Kier molecular flexibility index (Phi) is 4.16. The summed E-state index contributed by atoms with van der Waals surface area (Å²) in [6, 6.07) is 0.431. The molecule has 0 spiro atoms. The van der Waals surface area contributed by atoms with E-state index < -0.39 is 0 Å². The lowest BCUT2D eigenvalue weighted by atomic mass is 10.1. The molecule has 1 aliphatic rings. The zero-order valence-corrected chi connectivity index (χ0v) is 9.12. The molecule has 3 nitrogen and oxygen atoms in total. The van der Waals surface area contributed by atoms with Gasteiger partial charge >= 0.3 is 0 Å². The molecule has 0 aromatic rings. The first-order chi connectivity index (χ1) is 6.24. The van der Waals surface area contributed by atoms with E-state index in [1.165, 1.54) is 0 Å². The average Bonchev–Trinajstić information content (AvgIpc) is 2.59. The smallest absolute Gasteiger partial charge is 0.0763 e. The summed E-state index contributed by atoms with van der Waals surface area (Å²) in [7, 11) is 3.56. The number of likely N-dealkylation sites (N-methyl/N-ethyl adjacent to an activating group) is 1. The minimum absolute atomic E-state index is 0.257. The molecule has 78 valence electrons. The predicted molar refractivity (Wildman–Crippen MR) is 52.9 cm³/mol. The highest BCUT2D eigenvalue weighted by molar-refractivity contribution is 4.91. The zero-order chi connectivity index (χ0) is 9.84. The molecule has 1 heterocycles. The number of likely N-dealkylation sites (tertiary alicyclic amines) is 1. The van der Waals surface area contributed by atoms with E-state index in [4.69, 9.17) is 9.47 Å². The average molecular weight is 187 g/mol. The molecule has 1 rings (SSSR count). The second-order valence-corrected chi connectivity index (χ2v) is 3.62. The monoisotopic (exact) mass is 187 g/mol. The van der Waals surface area contributed by atoms with Crippen LogP contribution in [0.5, 0.6) is 0 Å². The van der Waals surface area contributed by atoms with E-state index >= 15 is 0 Å². The van der Waals surface area contributed by atoms with Crippen LogP contribution in [0.2, 0.25) is 0 Å². The largest absolute Gasteiger partial charge is 0.380 e. The van der Waals surface area contributed by atoms with Crippen LogP contribution in [0.25, 0.3) is 0 Å². The van der Waals surface area contributed by atoms with Crippen molar-refractivity contribution in [3.63, 3.8) is 0 Å². The SMILES string of the molecule is CCN1CC[C@H](OC)C1C(C)OC. The van der Waals surface area contributed by atoms with Gasteiger partial charge in [0.15, 0.2) is 0 Å².